The molecule has 2 amide bonds. The molecule has 2 heterocycles. The van der Waals surface area contributed by atoms with Crippen LogP contribution >= 0.6 is 22.9 Å². The summed E-state index contributed by atoms with van der Waals surface area (Å²) < 4.78 is 5.48. The van der Waals surface area contributed by atoms with Gasteiger partial charge in [0.25, 0.3) is 11.8 Å². The van der Waals surface area contributed by atoms with E-state index >= 15 is 0 Å². The molecule has 2 aromatic carbocycles. The molecule has 29 heavy (non-hydrogen) atoms. The summed E-state index contributed by atoms with van der Waals surface area (Å²) in [6.07, 6.45) is 1.76. The van der Waals surface area contributed by atoms with E-state index in [0.29, 0.717) is 23.0 Å². The van der Waals surface area contributed by atoms with Crippen LogP contribution in [-0.2, 0) is 11.2 Å². The molecule has 1 aliphatic heterocycles. The molecular formula is C22H19ClN2O3S. The lowest BCUT2D eigenvalue weighted by atomic mass is 10.0. The van der Waals surface area contributed by atoms with Gasteiger partial charge in [-0.2, -0.15) is 0 Å². The minimum absolute atomic E-state index is 0.0223. The normalized spacial score (nSPS) is 12.9. The van der Waals surface area contributed by atoms with Crippen molar-refractivity contribution in [3.05, 3.63) is 75.4 Å². The molecule has 0 atom stereocenters. The van der Waals surface area contributed by atoms with Gasteiger partial charge in [0.05, 0.1) is 4.88 Å². The Morgan fingerprint density at radius 2 is 1.97 bits per heavy atom. The van der Waals surface area contributed by atoms with Gasteiger partial charge in [-0.15, -0.1) is 11.3 Å². The summed E-state index contributed by atoms with van der Waals surface area (Å²) in [5, 5.41) is 5.37. The number of nitrogens with one attached hydrogen (secondary N) is 1. The number of benzene rings is 2. The lowest BCUT2D eigenvalue weighted by Gasteiger charge is -2.29. The van der Waals surface area contributed by atoms with Crippen LogP contribution in [0.4, 0.5) is 11.4 Å². The van der Waals surface area contributed by atoms with Crippen LogP contribution in [-0.4, -0.2) is 25.0 Å². The number of carbonyl (C=O) groups excluding carboxylic acids is 2. The fraction of sp³-hybridized carbons (Fsp3) is 0.182. The van der Waals surface area contributed by atoms with Crippen molar-refractivity contribution in [3.63, 3.8) is 0 Å². The van der Waals surface area contributed by atoms with Crippen molar-refractivity contribution in [2.75, 3.05) is 23.4 Å². The van der Waals surface area contributed by atoms with Gasteiger partial charge in [0.15, 0.2) is 6.61 Å². The minimum atomic E-state index is -0.248. The van der Waals surface area contributed by atoms with Crippen LogP contribution in [0.1, 0.15) is 21.7 Å². The van der Waals surface area contributed by atoms with E-state index < -0.39 is 0 Å². The van der Waals surface area contributed by atoms with Gasteiger partial charge in [0, 0.05) is 22.9 Å². The van der Waals surface area contributed by atoms with Gasteiger partial charge in [-0.1, -0.05) is 17.7 Å². The highest BCUT2D eigenvalue weighted by atomic mass is 35.5. The first-order chi connectivity index (χ1) is 14.1. The summed E-state index contributed by atoms with van der Waals surface area (Å²) in [4.78, 5) is 27.5. The average Bonchev–Trinajstić information content (AvgIpc) is 3.27. The van der Waals surface area contributed by atoms with E-state index in [2.05, 4.69) is 5.32 Å². The van der Waals surface area contributed by atoms with Crippen LogP contribution in [0.3, 0.4) is 0 Å². The van der Waals surface area contributed by atoms with Crippen LogP contribution in [0, 0.1) is 0 Å². The first-order valence-corrected chi connectivity index (χ1v) is 10.5. The fourth-order valence-corrected chi connectivity index (χ4v) is 4.09. The van der Waals surface area contributed by atoms with E-state index in [1.165, 1.54) is 11.3 Å². The Morgan fingerprint density at radius 3 is 2.72 bits per heavy atom. The van der Waals surface area contributed by atoms with Crippen molar-refractivity contribution >= 4 is 46.1 Å². The number of amides is 2. The smallest absolute Gasteiger partial charge is 0.268 e. The topological polar surface area (TPSA) is 58.6 Å². The van der Waals surface area contributed by atoms with Crippen LogP contribution in [0.2, 0.25) is 5.02 Å². The molecular weight excluding hydrogens is 408 g/mol. The second kappa shape index (κ2) is 8.68. The second-order valence-electron chi connectivity index (χ2n) is 6.67. The number of hydrogen-bond donors (Lipinski definition) is 1. The number of nitrogens with zero attached hydrogens (tertiary/aromatic N) is 1. The first kappa shape index (κ1) is 19.5. The van der Waals surface area contributed by atoms with E-state index in [-0.39, 0.29) is 18.4 Å². The maximum Gasteiger partial charge on any atom is 0.268 e. The summed E-state index contributed by atoms with van der Waals surface area (Å²) >= 11 is 7.29. The lowest BCUT2D eigenvalue weighted by Crippen LogP contribution is -2.35. The van der Waals surface area contributed by atoms with Crippen molar-refractivity contribution < 1.29 is 14.3 Å². The van der Waals surface area contributed by atoms with E-state index in [9.17, 15) is 9.59 Å². The molecule has 4 rings (SSSR count). The van der Waals surface area contributed by atoms with Gasteiger partial charge in [-0.3, -0.25) is 9.59 Å². The fourth-order valence-electron chi connectivity index (χ4n) is 3.30. The van der Waals surface area contributed by atoms with Crippen molar-refractivity contribution in [1.29, 1.82) is 0 Å². The Kier molecular flexibility index (Phi) is 5.83. The molecule has 0 aliphatic carbocycles. The largest absolute Gasteiger partial charge is 0.484 e. The highest BCUT2D eigenvalue weighted by molar-refractivity contribution is 7.12. The van der Waals surface area contributed by atoms with Crippen LogP contribution in [0.5, 0.6) is 5.75 Å². The molecule has 5 nitrogen and oxygen atoms in total. The molecule has 0 unspecified atom stereocenters. The number of hydrogen-bond acceptors (Lipinski definition) is 4. The molecule has 7 heteroatoms. The molecule has 0 bridgehead atoms. The summed E-state index contributed by atoms with van der Waals surface area (Å²) in [6, 6.07) is 16.2. The first-order valence-electron chi connectivity index (χ1n) is 9.27. The molecule has 3 aromatic rings. The number of carbonyl (C=O) groups is 2. The molecule has 0 spiro atoms. The zero-order chi connectivity index (χ0) is 20.2. The Morgan fingerprint density at radius 1 is 1.14 bits per heavy atom. The molecule has 148 valence electrons. The second-order valence-corrected chi connectivity index (χ2v) is 8.06. The quantitative estimate of drug-likeness (QED) is 0.623. The number of halogens is 1. The van der Waals surface area contributed by atoms with Crippen molar-refractivity contribution in [2.24, 2.45) is 0 Å². The zero-order valence-electron chi connectivity index (χ0n) is 15.6. The molecule has 0 fully saturated rings. The summed E-state index contributed by atoms with van der Waals surface area (Å²) in [6.45, 7) is 0.603. The predicted octanol–water partition coefficient (Wildman–Crippen LogP) is 5.01. The molecule has 1 N–H and O–H groups in total. The van der Waals surface area contributed by atoms with Gasteiger partial charge in [-0.05, 0) is 72.3 Å². The molecule has 0 saturated heterocycles. The zero-order valence-corrected chi connectivity index (χ0v) is 17.1. The maximum absolute atomic E-state index is 12.8. The van der Waals surface area contributed by atoms with E-state index in [4.69, 9.17) is 16.3 Å². The SMILES string of the molecule is O=C(COc1ccc(Cl)cc1)Nc1ccc2c(c1)CCCN2C(=O)c1cccs1. The third-order valence-corrected chi connectivity index (χ3v) is 5.75. The van der Waals surface area contributed by atoms with Crippen molar-refractivity contribution in [1.82, 2.24) is 0 Å². The van der Waals surface area contributed by atoms with Gasteiger partial charge in [0.2, 0.25) is 0 Å². The summed E-state index contributed by atoms with van der Waals surface area (Å²) in [7, 11) is 0. The van der Waals surface area contributed by atoms with Crippen LogP contribution in [0.25, 0.3) is 0 Å². The number of aryl methyl sites for hydroxylation is 1. The molecule has 1 aromatic heterocycles. The van der Waals surface area contributed by atoms with Gasteiger partial charge in [0.1, 0.15) is 5.75 Å². The number of thiophene rings is 1. The Hall–Kier alpha value is -2.83. The van der Waals surface area contributed by atoms with E-state index in [1.54, 1.807) is 24.3 Å². The minimum Gasteiger partial charge on any atom is -0.484 e. The van der Waals surface area contributed by atoms with E-state index in [0.717, 1.165) is 29.0 Å². The Balaban J connectivity index is 1.41. The Bertz CT molecular complexity index is 1020. The van der Waals surface area contributed by atoms with Crippen molar-refractivity contribution in [2.45, 2.75) is 12.8 Å². The van der Waals surface area contributed by atoms with Crippen LogP contribution < -0.4 is 15.0 Å². The van der Waals surface area contributed by atoms with Gasteiger partial charge >= 0.3 is 0 Å². The lowest BCUT2D eigenvalue weighted by molar-refractivity contribution is -0.118. The number of fused-ring (bicyclic) bond motifs is 1. The number of ether oxygens (including phenoxy) is 1. The Labute approximate surface area is 177 Å². The molecule has 0 radical (unpaired) electrons. The third kappa shape index (κ3) is 4.60. The molecule has 0 saturated carbocycles. The standard InChI is InChI=1S/C22H19ClN2O3S/c23-16-5-8-18(9-6-16)28-14-21(26)24-17-7-10-19-15(13-17)3-1-11-25(19)22(27)20-4-2-12-29-20/h2,4-10,12-13H,1,3,11,14H2,(H,24,26). The number of anilines is 2. The highest BCUT2D eigenvalue weighted by Gasteiger charge is 2.24. The molecule has 1 aliphatic rings. The number of rotatable bonds is 5. The predicted molar refractivity (Wildman–Crippen MR) is 116 cm³/mol. The van der Waals surface area contributed by atoms with Crippen molar-refractivity contribution in [3.8, 4) is 5.75 Å². The summed E-state index contributed by atoms with van der Waals surface area (Å²) in [5.74, 6) is 0.356. The van der Waals surface area contributed by atoms with E-state index in [1.807, 2.05) is 40.6 Å². The van der Waals surface area contributed by atoms with Gasteiger partial charge in [-0.25, -0.2) is 0 Å². The monoisotopic (exact) mass is 426 g/mol. The third-order valence-electron chi connectivity index (χ3n) is 4.64. The summed E-state index contributed by atoms with van der Waals surface area (Å²) in [5.41, 5.74) is 2.65. The highest BCUT2D eigenvalue weighted by Crippen LogP contribution is 2.31. The average molecular weight is 427 g/mol. The van der Waals surface area contributed by atoms with Gasteiger partial charge < -0.3 is 15.0 Å². The maximum atomic E-state index is 12.8. The van der Waals surface area contributed by atoms with Crippen LogP contribution in [0.15, 0.2) is 60.0 Å².